The Morgan fingerprint density at radius 3 is 3.00 bits per heavy atom. The molecule has 0 saturated heterocycles. The van der Waals surface area contributed by atoms with Gasteiger partial charge in [-0.15, -0.1) is 5.10 Å². The number of hydrogen-bond acceptors (Lipinski definition) is 3. The second-order valence-corrected chi connectivity index (χ2v) is 3.11. The molecule has 1 heterocycles. The molecule has 0 aliphatic carbocycles. The second kappa shape index (κ2) is 4.13. The monoisotopic (exact) mass is 202 g/mol. The van der Waals surface area contributed by atoms with Crippen molar-refractivity contribution in [3.63, 3.8) is 0 Å². The van der Waals surface area contributed by atoms with E-state index in [0.717, 1.165) is 17.1 Å². The zero-order valence-corrected chi connectivity index (χ0v) is 8.55. The maximum atomic E-state index is 5.14. The summed E-state index contributed by atoms with van der Waals surface area (Å²) >= 11 is 0. The van der Waals surface area contributed by atoms with Gasteiger partial charge in [-0.2, -0.15) is 0 Å². The first kappa shape index (κ1) is 9.71. The molecule has 0 aliphatic rings. The maximum Gasteiger partial charge on any atom is 0.121 e. The first-order chi connectivity index (χ1) is 7.33. The van der Waals surface area contributed by atoms with E-state index in [1.54, 1.807) is 11.8 Å². The first-order valence-electron chi connectivity index (χ1n) is 4.68. The van der Waals surface area contributed by atoms with Crippen molar-refractivity contribution in [2.45, 2.75) is 6.42 Å². The van der Waals surface area contributed by atoms with Crippen LogP contribution in [0.4, 0.5) is 0 Å². The molecule has 0 N–H and O–H groups in total. The van der Waals surface area contributed by atoms with Crippen LogP contribution in [0.5, 0.6) is 5.75 Å². The zero-order valence-electron chi connectivity index (χ0n) is 8.55. The third-order valence-electron chi connectivity index (χ3n) is 2.11. The van der Waals surface area contributed by atoms with E-state index in [1.807, 2.05) is 30.5 Å². The molecule has 0 fully saturated rings. The van der Waals surface area contributed by atoms with E-state index < -0.39 is 0 Å². The summed E-state index contributed by atoms with van der Waals surface area (Å²) < 4.78 is 6.85. The number of benzene rings is 1. The van der Waals surface area contributed by atoms with Crippen molar-refractivity contribution in [3.05, 3.63) is 43.1 Å². The maximum absolute atomic E-state index is 5.14. The van der Waals surface area contributed by atoms with Crippen LogP contribution in [0, 0.1) is 6.92 Å². The van der Waals surface area contributed by atoms with E-state index in [9.17, 15) is 0 Å². The lowest BCUT2D eigenvalue weighted by Crippen LogP contribution is -1.95. The summed E-state index contributed by atoms with van der Waals surface area (Å²) in [5.41, 5.74) is 1.80. The quantitative estimate of drug-likeness (QED) is 0.759. The van der Waals surface area contributed by atoms with Crippen LogP contribution in [0.25, 0.3) is 5.69 Å². The molecule has 0 atom stereocenters. The van der Waals surface area contributed by atoms with Gasteiger partial charge in [-0.25, -0.2) is 4.68 Å². The summed E-state index contributed by atoms with van der Waals surface area (Å²) in [5.74, 6) is 0.805. The van der Waals surface area contributed by atoms with Crippen LogP contribution in [0.1, 0.15) is 5.69 Å². The molecule has 0 aliphatic heterocycles. The SMILES string of the molecule is [CH2]Cc1cn(-c2cccc(OC)c2)nn1. The van der Waals surface area contributed by atoms with Crippen LogP contribution in [0.3, 0.4) is 0 Å². The molecule has 4 nitrogen and oxygen atoms in total. The van der Waals surface area contributed by atoms with Crippen LogP contribution in [-0.2, 0) is 6.42 Å². The van der Waals surface area contributed by atoms with Gasteiger partial charge in [0, 0.05) is 6.07 Å². The molecule has 0 bridgehead atoms. The van der Waals surface area contributed by atoms with Gasteiger partial charge in [0.2, 0.25) is 0 Å². The third-order valence-corrected chi connectivity index (χ3v) is 2.11. The van der Waals surface area contributed by atoms with Crippen LogP contribution >= 0.6 is 0 Å². The van der Waals surface area contributed by atoms with Gasteiger partial charge in [-0.3, -0.25) is 0 Å². The van der Waals surface area contributed by atoms with E-state index in [-0.39, 0.29) is 0 Å². The summed E-state index contributed by atoms with van der Waals surface area (Å²) in [5, 5.41) is 7.98. The van der Waals surface area contributed by atoms with Crippen molar-refractivity contribution in [1.82, 2.24) is 15.0 Å². The van der Waals surface area contributed by atoms with E-state index in [0.29, 0.717) is 6.42 Å². The fraction of sp³-hybridized carbons (Fsp3) is 0.182. The van der Waals surface area contributed by atoms with Crippen molar-refractivity contribution < 1.29 is 4.74 Å². The van der Waals surface area contributed by atoms with Crippen molar-refractivity contribution in [2.24, 2.45) is 0 Å². The molecule has 1 radical (unpaired) electrons. The van der Waals surface area contributed by atoms with Crippen LogP contribution in [0.15, 0.2) is 30.5 Å². The summed E-state index contributed by atoms with van der Waals surface area (Å²) in [6, 6.07) is 7.66. The minimum absolute atomic E-state index is 0.643. The highest BCUT2D eigenvalue weighted by Crippen LogP contribution is 2.15. The molecular weight excluding hydrogens is 190 g/mol. The fourth-order valence-corrected chi connectivity index (χ4v) is 1.29. The molecule has 0 saturated carbocycles. The molecular formula is C11H12N3O. The molecule has 77 valence electrons. The third kappa shape index (κ3) is 1.98. The van der Waals surface area contributed by atoms with Crippen LogP contribution in [-0.4, -0.2) is 22.1 Å². The van der Waals surface area contributed by atoms with Gasteiger partial charge in [0.15, 0.2) is 0 Å². The standard InChI is InChI=1S/C11H12N3O/c1-3-9-8-14(13-12-9)10-5-4-6-11(7-10)15-2/h4-8H,1,3H2,2H3. The number of rotatable bonds is 3. The highest BCUT2D eigenvalue weighted by atomic mass is 16.5. The Morgan fingerprint density at radius 2 is 2.33 bits per heavy atom. The van der Waals surface area contributed by atoms with E-state index in [4.69, 9.17) is 4.74 Å². The lowest BCUT2D eigenvalue weighted by molar-refractivity contribution is 0.414. The van der Waals surface area contributed by atoms with Crippen molar-refractivity contribution in [1.29, 1.82) is 0 Å². The Morgan fingerprint density at radius 1 is 1.47 bits per heavy atom. The van der Waals surface area contributed by atoms with E-state index >= 15 is 0 Å². The van der Waals surface area contributed by atoms with Gasteiger partial charge in [0.25, 0.3) is 0 Å². The summed E-state index contributed by atoms with van der Waals surface area (Å²) in [6.07, 6.45) is 2.51. The normalized spacial score (nSPS) is 10.3. The number of methoxy groups -OCH3 is 1. The highest BCUT2D eigenvalue weighted by molar-refractivity contribution is 5.38. The molecule has 2 rings (SSSR count). The molecule has 0 spiro atoms. The molecule has 15 heavy (non-hydrogen) atoms. The van der Waals surface area contributed by atoms with Crippen molar-refractivity contribution >= 4 is 0 Å². The number of aromatic nitrogens is 3. The van der Waals surface area contributed by atoms with Gasteiger partial charge >= 0.3 is 0 Å². The first-order valence-corrected chi connectivity index (χ1v) is 4.68. The van der Waals surface area contributed by atoms with Gasteiger partial charge in [0.05, 0.1) is 24.7 Å². The lowest BCUT2D eigenvalue weighted by atomic mass is 10.3. The average Bonchev–Trinajstić information content (AvgIpc) is 2.78. The van der Waals surface area contributed by atoms with Crippen LogP contribution in [0.2, 0.25) is 0 Å². The van der Waals surface area contributed by atoms with Crippen molar-refractivity contribution in [2.75, 3.05) is 7.11 Å². The predicted molar refractivity (Wildman–Crippen MR) is 57.0 cm³/mol. The highest BCUT2D eigenvalue weighted by Gasteiger charge is 2.01. The molecule has 0 amide bonds. The molecule has 0 unspecified atom stereocenters. The molecule has 1 aromatic carbocycles. The number of hydrogen-bond donors (Lipinski definition) is 0. The van der Waals surface area contributed by atoms with Gasteiger partial charge in [0.1, 0.15) is 5.75 Å². The van der Waals surface area contributed by atoms with Gasteiger partial charge in [-0.05, 0) is 25.5 Å². The predicted octanol–water partition coefficient (Wildman–Crippen LogP) is 1.65. The smallest absolute Gasteiger partial charge is 0.121 e. The van der Waals surface area contributed by atoms with Crippen molar-refractivity contribution in [3.8, 4) is 11.4 Å². The Kier molecular flexibility index (Phi) is 2.67. The van der Waals surface area contributed by atoms with Crippen LogP contribution < -0.4 is 4.74 Å². The Balaban J connectivity index is 2.35. The largest absolute Gasteiger partial charge is 0.497 e. The lowest BCUT2D eigenvalue weighted by Gasteiger charge is -2.02. The van der Waals surface area contributed by atoms with Gasteiger partial charge in [-0.1, -0.05) is 11.3 Å². The average molecular weight is 202 g/mol. The number of ether oxygens (including phenoxy) is 1. The zero-order chi connectivity index (χ0) is 10.7. The second-order valence-electron chi connectivity index (χ2n) is 3.11. The minimum Gasteiger partial charge on any atom is -0.497 e. The Bertz CT molecular complexity index is 451. The van der Waals surface area contributed by atoms with E-state index in [1.165, 1.54) is 0 Å². The molecule has 1 aromatic heterocycles. The number of nitrogens with zero attached hydrogens (tertiary/aromatic N) is 3. The topological polar surface area (TPSA) is 39.9 Å². The van der Waals surface area contributed by atoms with Gasteiger partial charge < -0.3 is 4.74 Å². The van der Waals surface area contributed by atoms with E-state index in [2.05, 4.69) is 17.2 Å². The summed E-state index contributed by atoms with van der Waals surface area (Å²) in [6.45, 7) is 3.76. The fourth-order valence-electron chi connectivity index (χ4n) is 1.29. The Hall–Kier alpha value is -1.84. The summed E-state index contributed by atoms with van der Waals surface area (Å²) in [7, 11) is 1.64. The Labute approximate surface area is 88.5 Å². The molecule has 4 heteroatoms. The minimum atomic E-state index is 0.643. The molecule has 2 aromatic rings. The summed E-state index contributed by atoms with van der Waals surface area (Å²) in [4.78, 5) is 0.